The number of anilines is 1. The highest BCUT2D eigenvalue weighted by atomic mass is 16.5. The number of hydrogen-bond donors (Lipinski definition) is 1. The number of aromatic nitrogens is 2. The number of nitrogens with one attached hydrogen (secondary N) is 1. The summed E-state index contributed by atoms with van der Waals surface area (Å²) in [6, 6.07) is 1.84. The molecular formula is C16H24N4O2. The van der Waals surface area contributed by atoms with E-state index in [1.165, 1.54) is 0 Å². The third-order valence-electron chi connectivity index (χ3n) is 3.68. The molecule has 120 valence electrons. The molecule has 0 atom stereocenters. The maximum Gasteiger partial charge on any atom is 0.228 e. The number of nitrogens with zero attached hydrogens (tertiary/aromatic N) is 3. The number of aryl methyl sites for hydroxylation is 1. The quantitative estimate of drug-likeness (QED) is 0.810. The second-order valence-electron chi connectivity index (χ2n) is 5.38. The summed E-state index contributed by atoms with van der Waals surface area (Å²) in [5, 5.41) is 2.86. The first-order valence-electron chi connectivity index (χ1n) is 7.76. The molecule has 6 nitrogen and oxygen atoms in total. The van der Waals surface area contributed by atoms with Crippen LogP contribution in [0.25, 0.3) is 0 Å². The van der Waals surface area contributed by atoms with E-state index in [9.17, 15) is 4.79 Å². The van der Waals surface area contributed by atoms with Crippen LogP contribution in [0.1, 0.15) is 25.5 Å². The predicted molar refractivity (Wildman–Crippen MR) is 86.1 cm³/mol. The van der Waals surface area contributed by atoms with Crippen molar-refractivity contribution in [3.05, 3.63) is 24.4 Å². The number of piperidine rings is 1. The van der Waals surface area contributed by atoms with Crippen LogP contribution in [0.5, 0.6) is 5.88 Å². The van der Waals surface area contributed by atoms with Crippen LogP contribution in [0.2, 0.25) is 0 Å². The van der Waals surface area contributed by atoms with Gasteiger partial charge in [0, 0.05) is 37.3 Å². The van der Waals surface area contributed by atoms with Gasteiger partial charge < -0.3 is 15.0 Å². The number of rotatable bonds is 6. The van der Waals surface area contributed by atoms with Crippen LogP contribution in [0.3, 0.4) is 0 Å². The average molecular weight is 304 g/mol. The summed E-state index contributed by atoms with van der Waals surface area (Å²) in [4.78, 5) is 23.0. The van der Waals surface area contributed by atoms with E-state index in [0.717, 1.165) is 31.6 Å². The summed E-state index contributed by atoms with van der Waals surface area (Å²) in [6.45, 7) is 10.1. The molecule has 1 fully saturated rings. The molecule has 0 aliphatic carbocycles. The molecule has 6 heteroatoms. The Morgan fingerprint density at radius 1 is 1.50 bits per heavy atom. The van der Waals surface area contributed by atoms with Gasteiger partial charge in [-0.2, -0.15) is 4.98 Å². The van der Waals surface area contributed by atoms with Crippen LogP contribution in [0.15, 0.2) is 18.7 Å². The number of hydrogen-bond acceptors (Lipinski definition) is 5. The highest BCUT2D eigenvalue weighted by Gasteiger charge is 2.26. The lowest BCUT2D eigenvalue weighted by atomic mass is 9.96. The van der Waals surface area contributed by atoms with Crippen molar-refractivity contribution in [3.63, 3.8) is 0 Å². The molecular weight excluding hydrogens is 280 g/mol. The Morgan fingerprint density at radius 2 is 2.23 bits per heavy atom. The number of amides is 1. The van der Waals surface area contributed by atoms with Crippen LogP contribution in [-0.4, -0.2) is 42.1 Å². The third kappa shape index (κ3) is 4.19. The fourth-order valence-electron chi connectivity index (χ4n) is 2.55. The van der Waals surface area contributed by atoms with E-state index in [-0.39, 0.29) is 11.8 Å². The molecule has 1 saturated heterocycles. The van der Waals surface area contributed by atoms with E-state index in [2.05, 4.69) is 26.8 Å². The fourth-order valence-corrected chi connectivity index (χ4v) is 2.55. The van der Waals surface area contributed by atoms with Gasteiger partial charge in [0.15, 0.2) is 0 Å². The lowest BCUT2D eigenvalue weighted by Crippen LogP contribution is -2.41. The highest BCUT2D eigenvalue weighted by molar-refractivity contribution is 5.79. The minimum absolute atomic E-state index is 0.0624. The van der Waals surface area contributed by atoms with E-state index < -0.39 is 0 Å². The molecule has 2 rings (SSSR count). The van der Waals surface area contributed by atoms with Gasteiger partial charge in [-0.3, -0.25) is 4.79 Å². The normalized spacial score (nSPS) is 15.5. The van der Waals surface area contributed by atoms with Gasteiger partial charge in [0.1, 0.15) is 0 Å². The maximum absolute atomic E-state index is 12.0. The second-order valence-corrected chi connectivity index (χ2v) is 5.38. The molecule has 1 aromatic heterocycles. The van der Waals surface area contributed by atoms with E-state index in [1.54, 1.807) is 6.08 Å². The third-order valence-corrected chi connectivity index (χ3v) is 3.68. The van der Waals surface area contributed by atoms with Crippen molar-refractivity contribution in [2.75, 3.05) is 31.1 Å². The van der Waals surface area contributed by atoms with Gasteiger partial charge in [-0.25, -0.2) is 4.98 Å². The van der Waals surface area contributed by atoms with Gasteiger partial charge in [-0.15, -0.1) is 6.58 Å². The predicted octanol–water partition coefficient (Wildman–Crippen LogP) is 1.70. The van der Waals surface area contributed by atoms with Gasteiger partial charge in [0.05, 0.1) is 6.61 Å². The van der Waals surface area contributed by atoms with Crippen molar-refractivity contribution in [1.29, 1.82) is 0 Å². The van der Waals surface area contributed by atoms with E-state index >= 15 is 0 Å². The average Bonchev–Trinajstić information content (AvgIpc) is 2.52. The fraction of sp³-hybridized carbons (Fsp3) is 0.562. The Labute approximate surface area is 131 Å². The number of ether oxygens (including phenoxy) is 1. The molecule has 0 unspecified atom stereocenters. The molecule has 0 radical (unpaired) electrons. The molecule has 1 N–H and O–H groups in total. The zero-order chi connectivity index (χ0) is 15.9. The summed E-state index contributed by atoms with van der Waals surface area (Å²) in [5.41, 5.74) is 0.888. The van der Waals surface area contributed by atoms with Crippen molar-refractivity contribution >= 4 is 11.9 Å². The van der Waals surface area contributed by atoms with E-state index in [1.807, 2.05) is 19.9 Å². The van der Waals surface area contributed by atoms with Crippen molar-refractivity contribution in [2.45, 2.75) is 26.7 Å². The smallest absolute Gasteiger partial charge is 0.228 e. The van der Waals surface area contributed by atoms with Crippen LogP contribution < -0.4 is 15.0 Å². The number of carbonyl (C=O) groups is 1. The Bertz CT molecular complexity index is 525. The SMILES string of the molecule is C=CCNC(=O)C1CCN(c2nc(C)cc(OCC)n2)CC1. The van der Waals surface area contributed by atoms with Crippen LogP contribution in [0, 0.1) is 12.8 Å². The summed E-state index contributed by atoms with van der Waals surface area (Å²) < 4.78 is 5.47. The van der Waals surface area contributed by atoms with Crippen LogP contribution in [0.4, 0.5) is 5.95 Å². The Balaban J connectivity index is 1.96. The largest absolute Gasteiger partial charge is 0.478 e. The van der Waals surface area contributed by atoms with Crippen molar-refractivity contribution < 1.29 is 9.53 Å². The molecule has 1 amide bonds. The first-order chi connectivity index (χ1) is 10.6. The summed E-state index contributed by atoms with van der Waals surface area (Å²) in [5.74, 6) is 1.47. The lowest BCUT2D eigenvalue weighted by Gasteiger charge is -2.31. The van der Waals surface area contributed by atoms with E-state index in [0.29, 0.717) is 25.0 Å². The molecule has 1 aliphatic rings. The molecule has 0 spiro atoms. The Morgan fingerprint density at radius 3 is 2.86 bits per heavy atom. The van der Waals surface area contributed by atoms with Gasteiger partial charge >= 0.3 is 0 Å². The molecule has 1 aliphatic heterocycles. The summed E-state index contributed by atoms with van der Waals surface area (Å²) >= 11 is 0. The standard InChI is InChI=1S/C16H24N4O2/c1-4-8-17-15(21)13-6-9-20(10-7-13)16-18-12(3)11-14(19-16)22-5-2/h4,11,13H,1,5-10H2,2-3H3,(H,17,21). The zero-order valence-electron chi connectivity index (χ0n) is 13.3. The van der Waals surface area contributed by atoms with Crippen molar-refractivity contribution in [2.24, 2.45) is 5.92 Å². The monoisotopic (exact) mass is 304 g/mol. The number of carbonyl (C=O) groups excluding carboxylic acids is 1. The Hall–Kier alpha value is -2.11. The molecule has 1 aromatic rings. The summed E-state index contributed by atoms with van der Waals surface area (Å²) in [7, 11) is 0. The van der Waals surface area contributed by atoms with Crippen molar-refractivity contribution in [3.8, 4) is 5.88 Å². The van der Waals surface area contributed by atoms with Crippen molar-refractivity contribution in [1.82, 2.24) is 15.3 Å². The Kier molecular flexibility index (Phi) is 5.75. The van der Waals surface area contributed by atoms with Crippen LogP contribution in [-0.2, 0) is 4.79 Å². The molecule has 0 saturated carbocycles. The molecule has 0 bridgehead atoms. The van der Waals surface area contributed by atoms with Gasteiger partial charge in [0.2, 0.25) is 17.7 Å². The first-order valence-corrected chi connectivity index (χ1v) is 7.76. The van der Waals surface area contributed by atoms with Gasteiger partial charge in [-0.1, -0.05) is 6.08 Å². The molecule has 0 aromatic carbocycles. The topological polar surface area (TPSA) is 67.4 Å². The van der Waals surface area contributed by atoms with Crippen LogP contribution >= 0.6 is 0 Å². The molecule has 22 heavy (non-hydrogen) atoms. The maximum atomic E-state index is 12.0. The molecule has 2 heterocycles. The second kappa shape index (κ2) is 7.77. The zero-order valence-corrected chi connectivity index (χ0v) is 13.3. The van der Waals surface area contributed by atoms with Gasteiger partial charge in [-0.05, 0) is 26.7 Å². The first kappa shape index (κ1) is 16.3. The van der Waals surface area contributed by atoms with Gasteiger partial charge in [0.25, 0.3) is 0 Å². The van der Waals surface area contributed by atoms with E-state index in [4.69, 9.17) is 4.74 Å². The highest BCUT2D eigenvalue weighted by Crippen LogP contribution is 2.22. The minimum atomic E-state index is 0.0624. The lowest BCUT2D eigenvalue weighted by molar-refractivity contribution is -0.125. The summed E-state index contributed by atoms with van der Waals surface area (Å²) in [6.07, 6.45) is 3.32. The minimum Gasteiger partial charge on any atom is -0.478 e.